The lowest BCUT2D eigenvalue weighted by Crippen LogP contribution is -2.37. The van der Waals surface area contributed by atoms with Crippen molar-refractivity contribution in [1.29, 1.82) is 0 Å². The Bertz CT molecular complexity index is 493. The summed E-state index contributed by atoms with van der Waals surface area (Å²) < 4.78 is 5.51. The number of methoxy groups -OCH3 is 1. The van der Waals surface area contributed by atoms with Gasteiger partial charge in [0.15, 0.2) is 0 Å². The van der Waals surface area contributed by atoms with Crippen LogP contribution in [0.3, 0.4) is 0 Å². The van der Waals surface area contributed by atoms with Crippen molar-refractivity contribution < 1.29 is 9.53 Å². The van der Waals surface area contributed by atoms with Gasteiger partial charge in [-0.3, -0.25) is 9.69 Å². The normalized spacial score (nSPS) is 20.2. The van der Waals surface area contributed by atoms with Crippen LogP contribution in [0, 0.1) is 5.92 Å². The molecule has 1 saturated heterocycles. The Morgan fingerprint density at radius 2 is 2.05 bits per heavy atom. The van der Waals surface area contributed by atoms with Gasteiger partial charge in [-0.1, -0.05) is 18.2 Å². The fraction of sp³-hybridized carbons (Fsp3) is 0.588. The summed E-state index contributed by atoms with van der Waals surface area (Å²) in [7, 11) is 1.71. The highest BCUT2D eigenvalue weighted by Gasteiger charge is 2.31. The van der Waals surface area contributed by atoms with Crippen LogP contribution < -0.4 is 10.1 Å². The van der Waals surface area contributed by atoms with Gasteiger partial charge in [-0.05, 0) is 44.8 Å². The third-order valence-corrected chi connectivity index (χ3v) is 4.50. The first-order valence-corrected chi connectivity index (χ1v) is 7.94. The molecule has 0 spiro atoms. The lowest BCUT2D eigenvalue weighted by molar-refractivity contribution is -0.122. The van der Waals surface area contributed by atoms with E-state index in [1.165, 1.54) is 18.4 Å². The summed E-state index contributed by atoms with van der Waals surface area (Å²) in [5.41, 5.74) is 1.18. The second kappa shape index (κ2) is 6.48. The Kier molecular flexibility index (Phi) is 4.44. The molecule has 2 fully saturated rings. The SMILES string of the molecule is COc1ccccc1C(CNC(=O)C1CC1)N1CCCC1. The molecule has 1 N–H and O–H groups in total. The van der Waals surface area contributed by atoms with Crippen LogP contribution in [0.2, 0.25) is 0 Å². The highest BCUT2D eigenvalue weighted by atomic mass is 16.5. The smallest absolute Gasteiger partial charge is 0.223 e. The number of amides is 1. The minimum Gasteiger partial charge on any atom is -0.496 e. The van der Waals surface area contributed by atoms with E-state index >= 15 is 0 Å². The Balaban J connectivity index is 1.75. The summed E-state index contributed by atoms with van der Waals surface area (Å²) in [6.45, 7) is 2.87. The predicted molar refractivity (Wildman–Crippen MR) is 82.3 cm³/mol. The van der Waals surface area contributed by atoms with Gasteiger partial charge in [0.25, 0.3) is 0 Å². The Morgan fingerprint density at radius 1 is 1.33 bits per heavy atom. The molecule has 1 aliphatic carbocycles. The molecule has 1 aromatic rings. The molecule has 1 amide bonds. The van der Waals surface area contributed by atoms with Crippen LogP contribution in [0.5, 0.6) is 5.75 Å². The summed E-state index contributed by atoms with van der Waals surface area (Å²) >= 11 is 0. The molecule has 1 saturated carbocycles. The number of ether oxygens (including phenoxy) is 1. The molecule has 1 heterocycles. The summed E-state index contributed by atoms with van der Waals surface area (Å²) in [5, 5.41) is 3.14. The summed E-state index contributed by atoms with van der Waals surface area (Å²) in [5.74, 6) is 1.39. The molecule has 0 radical (unpaired) electrons. The highest BCUT2D eigenvalue weighted by molar-refractivity contribution is 5.80. The Morgan fingerprint density at radius 3 is 2.71 bits per heavy atom. The molecule has 4 nitrogen and oxygen atoms in total. The van der Waals surface area contributed by atoms with Crippen LogP contribution in [0.15, 0.2) is 24.3 Å². The van der Waals surface area contributed by atoms with E-state index in [-0.39, 0.29) is 17.9 Å². The van der Waals surface area contributed by atoms with Crippen molar-refractivity contribution in [2.24, 2.45) is 5.92 Å². The largest absolute Gasteiger partial charge is 0.496 e. The molecule has 21 heavy (non-hydrogen) atoms. The summed E-state index contributed by atoms with van der Waals surface area (Å²) in [6.07, 6.45) is 4.58. The minimum absolute atomic E-state index is 0.214. The molecule has 1 aliphatic heterocycles. The maximum absolute atomic E-state index is 11.9. The Hall–Kier alpha value is -1.55. The fourth-order valence-corrected chi connectivity index (χ4v) is 3.12. The number of nitrogens with one attached hydrogen (secondary N) is 1. The molecule has 114 valence electrons. The van der Waals surface area contributed by atoms with Gasteiger partial charge in [0, 0.05) is 18.0 Å². The average molecular weight is 288 g/mol. The van der Waals surface area contributed by atoms with E-state index in [1.54, 1.807) is 7.11 Å². The zero-order valence-electron chi connectivity index (χ0n) is 12.7. The number of para-hydroxylation sites is 1. The van der Waals surface area contributed by atoms with Gasteiger partial charge in [-0.2, -0.15) is 0 Å². The highest BCUT2D eigenvalue weighted by Crippen LogP contribution is 2.32. The van der Waals surface area contributed by atoms with Gasteiger partial charge in [-0.15, -0.1) is 0 Å². The second-order valence-corrected chi connectivity index (χ2v) is 6.02. The number of rotatable bonds is 6. The number of nitrogens with zero attached hydrogens (tertiary/aromatic N) is 1. The van der Waals surface area contributed by atoms with Crippen molar-refractivity contribution in [3.63, 3.8) is 0 Å². The number of benzene rings is 1. The summed E-state index contributed by atoms with van der Waals surface area (Å²) in [6, 6.07) is 8.37. The molecule has 4 heteroatoms. The number of likely N-dealkylation sites (tertiary alicyclic amines) is 1. The molecule has 1 unspecified atom stereocenters. The van der Waals surface area contributed by atoms with Crippen LogP contribution in [0.1, 0.15) is 37.3 Å². The average Bonchev–Trinajstić information content (AvgIpc) is 3.24. The standard InChI is InChI=1S/C17H24N2O2/c1-21-16-7-3-2-6-14(16)15(19-10-4-5-11-19)12-18-17(20)13-8-9-13/h2-3,6-7,13,15H,4-5,8-12H2,1H3,(H,18,20). The van der Waals surface area contributed by atoms with Gasteiger partial charge < -0.3 is 10.1 Å². The summed E-state index contributed by atoms with van der Waals surface area (Å²) in [4.78, 5) is 14.4. The molecular formula is C17H24N2O2. The van der Waals surface area contributed by atoms with Gasteiger partial charge in [0.1, 0.15) is 5.75 Å². The van der Waals surface area contributed by atoms with Crippen LogP contribution in [-0.2, 0) is 4.79 Å². The molecule has 1 atom stereocenters. The van der Waals surface area contributed by atoms with E-state index in [0.717, 1.165) is 31.7 Å². The predicted octanol–water partition coefficient (Wildman–Crippen LogP) is 2.36. The van der Waals surface area contributed by atoms with E-state index < -0.39 is 0 Å². The fourth-order valence-electron chi connectivity index (χ4n) is 3.12. The van der Waals surface area contributed by atoms with Crippen molar-refractivity contribution in [2.45, 2.75) is 31.7 Å². The second-order valence-electron chi connectivity index (χ2n) is 6.02. The van der Waals surface area contributed by atoms with E-state index in [2.05, 4.69) is 16.3 Å². The van der Waals surface area contributed by atoms with Crippen LogP contribution in [0.25, 0.3) is 0 Å². The van der Waals surface area contributed by atoms with Crippen molar-refractivity contribution in [3.05, 3.63) is 29.8 Å². The zero-order valence-corrected chi connectivity index (χ0v) is 12.7. The molecular weight excluding hydrogens is 264 g/mol. The third-order valence-electron chi connectivity index (χ3n) is 4.50. The van der Waals surface area contributed by atoms with Gasteiger partial charge in [-0.25, -0.2) is 0 Å². The van der Waals surface area contributed by atoms with E-state index in [4.69, 9.17) is 4.74 Å². The molecule has 0 aromatic heterocycles. The monoisotopic (exact) mass is 288 g/mol. The maximum atomic E-state index is 11.9. The lowest BCUT2D eigenvalue weighted by atomic mass is 10.0. The van der Waals surface area contributed by atoms with E-state index in [9.17, 15) is 4.79 Å². The van der Waals surface area contributed by atoms with Crippen molar-refractivity contribution in [2.75, 3.05) is 26.7 Å². The molecule has 3 rings (SSSR count). The zero-order chi connectivity index (χ0) is 14.7. The van der Waals surface area contributed by atoms with Crippen molar-refractivity contribution >= 4 is 5.91 Å². The van der Waals surface area contributed by atoms with Gasteiger partial charge in [0.2, 0.25) is 5.91 Å². The molecule has 2 aliphatic rings. The maximum Gasteiger partial charge on any atom is 0.223 e. The quantitative estimate of drug-likeness (QED) is 0.873. The Labute approximate surface area is 126 Å². The van der Waals surface area contributed by atoms with Crippen molar-refractivity contribution in [3.8, 4) is 5.75 Å². The van der Waals surface area contributed by atoms with Gasteiger partial charge in [0.05, 0.1) is 13.2 Å². The van der Waals surface area contributed by atoms with Crippen LogP contribution >= 0.6 is 0 Å². The van der Waals surface area contributed by atoms with Crippen LogP contribution in [0.4, 0.5) is 0 Å². The van der Waals surface area contributed by atoms with Crippen LogP contribution in [-0.4, -0.2) is 37.6 Å². The minimum atomic E-state index is 0.214. The lowest BCUT2D eigenvalue weighted by Gasteiger charge is -2.29. The number of hydrogen-bond donors (Lipinski definition) is 1. The number of hydrogen-bond acceptors (Lipinski definition) is 3. The molecule has 0 bridgehead atoms. The first kappa shape index (κ1) is 14.4. The number of carbonyl (C=O) groups excluding carboxylic acids is 1. The topological polar surface area (TPSA) is 41.6 Å². The first-order valence-electron chi connectivity index (χ1n) is 7.94. The first-order chi connectivity index (χ1) is 10.3. The van der Waals surface area contributed by atoms with E-state index in [0.29, 0.717) is 6.54 Å². The van der Waals surface area contributed by atoms with Gasteiger partial charge >= 0.3 is 0 Å². The molecule has 1 aromatic carbocycles. The third kappa shape index (κ3) is 3.38. The number of carbonyl (C=O) groups is 1. The van der Waals surface area contributed by atoms with E-state index in [1.807, 2.05) is 18.2 Å². The van der Waals surface area contributed by atoms with Crippen molar-refractivity contribution in [1.82, 2.24) is 10.2 Å².